The van der Waals surface area contributed by atoms with E-state index in [1.165, 1.54) is 6.92 Å². The van der Waals surface area contributed by atoms with Crippen LogP contribution >= 0.6 is 0 Å². The van der Waals surface area contributed by atoms with Gasteiger partial charge < -0.3 is 20.3 Å². The molecule has 2 rings (SSSR count). The highest BCUT2D eigenvalue weighted by molar-refractivity contribution is 6.00. The molecule has 1 unspecified atom stereocenters. The lowest BCUT2D eigenvalue weighted by Gasteiger charge is -2.25. The fourth-order valence-corrected chi connectivity index (χ4v) is 2.90. The van der Waals surface area contributed by atoms with Crippen molar-refractivity contribution in [3.63, 3.8) is 0 Å². The Morgan fingerprint density at radius 2 is 1.92 bits per heavy atom. The maximum atomic E-state index is 12.9. The van der Waals surface area contributed by atoms with E-state index in [2.05, 4.69) is 10.6 Å². The number of nitrogens with zero attached hydrogens (tertiary/aromatic N) is 1. The molecule has 2 N–H and O–H groups in total. The lowest BCUT2D eigenvalue weighted by atomic mass is 10.1. The third-order valence-corrected chi connectivity index (χ3v) is 4.03. The van der Waals surface area contributed by atoms with Gasteiger partial charge in [0, 0.05) is 26.6 Å². The van der Waals surface area contributed by atoms with Gasteiger partial charge in [-0.25, -0.2) is 0 Å². The Morgan fingerprint density at radius 3 is 2.64 bits per heavy atom. The van der Waals surface area contributed by atoms with Crippen LogP contribution in [0.5, 0.6) is 5.75 Å². The van der Waals surface area contributed by atoms with Gasteiger partial charge in [0.25, 0.3) is 5.91 Å². The molecule has 25 heavy (non-hydrogen) atoms. The highest BCUT2D eigenvalue weighted by Crippen LogP contribution is 2.25. The zero-order chi connectivity index (χ0) is 18.2. The van der Waals surface area contributed by atoms with Gasteiger partial charge in [-0.2, -0.15) is 0 Å². The molecule has 1 aliphatic heterocycles. The Hall–Kier alpha value is -2.57. The summed E-state index contributed by atoms with van der Waals surface area (Å²) in [7, 11) is 0. The van der Waals surface area contributed by atoms with E-state index in [9.17, 15) is 14.4 Å². The van der Waals surface area contributed by atoms with Crippen LogP contribution in [0.1, 0.15) is 37.0 Å². The first-order valence-electron chi connectivity index (χ1n) is 8.59. The Labute approximate surface area is 147 Å². The van der Waals surface area contributed by atoms with E-state index in [1.54, 1.807) is 23.1 Å². The number of nitrogens with one attached hydrogen (secondary N) is 2. The van der Waals surface area contributed by atoms with Gasteiger partial charge >= 0.3 is 0 Å². The maximum Gasteiger partial charge on any atom is 0.258 e. The van der Waals surface area contributed by atoms with E-state index in [-0.39, 0.29) is 17.7 Å². The molecule has 0 bridgehead atoms. The standard InChI is InChI=1S/C18H25N3O4/c1-3-25-16-9-5-4-7-14(16)18(24)21-12-6-8-15(21)17(23)20-11-10-19-13(2)22/h4-5,7,9,15H,3,6,8,10-12H2,1-2H3,(H,19,22)(H,20,23). The number of rotatable bonds is 7. The topological polar surface area (TPSA) is 87.7 Å². The monoisotopic (exact) mass is 347 g/mol. The molecule has 1 aromatic carbocycles. The first-order valence-corrected chi connectivity index (χ1v) is 8.59. The van der Waals surface area contributed by atoms with Crippen LogP contribution in [0.3, 0.4) is 0 Å². The average Bonchev–Trinajstić information content (AvgIpc) is 3.08. The summed E-state index contributed by atoms with van der Waals surface area (Å²) in [6.45, 7) is 5.01. The number of ether oxygens (including phenoxy) is 1. The predicted molar refractivity (Wildman–Crippen MR) is 93.4 cm³/mol. The van der Waals surface area contributed by atoms with Crippen molar-refractivity contribution in [1.82, 2.24) is 15.5 Å². The van der Waals surface area contributed by atoms with Crippen LogP contribution in [0.4, 0.5) is 0 Å². The zero-order valence-electron chi connectivity index (χ0n) is 14.7. The van der Waals surface area contributed by atoms with Crippen molar-refractivity contribution in [1.29, 1.82) is 0 Å². The van der Waals surface area contributed by atoms with E-state index < -0.39 is 6.04 Å². The fourth-order valence-electron chi connectivity index (χ4n) is 2.90. The van der Waals surface area contributed by atoms with Gasteiger partial charge in [0.1, 0.15) is 11.8 Å². The minimum absolute atomic E-state index is 0.139. The summed E-state index contributed by atoms with van der Waals surface area (Å²) >= 11 is 0. The molecule has 0 aliphatic carbocycles. The second-order valence-corrected chi connectivity index (χ2v) is 5.86. The van der Waals surface area contributed by atoms with Crippen LogP contribution in [0.15, 0.2) is 24.3 Å². The quantitative estimate of drug-likeness (QED) is 0.719. The highest BCUT2D eigenvalue weighted by atomic mass is 16.5. The Balaban J connectivity index is 2.01. The van der Waals surface area contributed by atoms with E-state index in [4.69, 9.17) is 4.74 Å². The summed E-state index contributed by atoms with van der Waals surface area (Å²) in [6.07, 6.45) is 1.42. The SMILES string of the molecule is CCOc1ccccc1C(=O)N1CCCC1C(=O)NCCNC(C)=O. The van der Waals surface area contributed by atoms with E-state index in [1.807, 2.05) is 13.0 Å². The Bertz CT molecular complexity index is 633. The molecule has 1 aliphatic rings. The number of hydrogen-bond acceptors (Lipinski definition) is 4. The largest absolute Gasteiger partial charge is 0.493 e. The van der Waals surface area contributed by atoms with E-state index >= 15 is 0 Å². The van der Waals surface area contributed by atoms with Gasteiger partial charge in [0.2, 0.25) is 11.8 Å². The Kier molecular flexibility index (Phi) is 6.80. The third kappa shape index (κ3) is 4.95. The fraction of sp³-hybridized carbons (Fsp3) is 0.500. The van der Waals surface area contributed by atoms with Crippen molar-refractivity contribution >= 4 is 17.7 Å². The van der Waals surface area contributed by atoms with Crippen molar-refractivity contribution in [3.8, 4) is 5.75 Å². The summed E-state index contributed by atoms with van der Waals surface area (Å²) in [5.74, 6) is 0.0137. The molecule has 1 heterocycles. The highest BCUT2D eigenvalue weighted by Gasteiger charge is 2.35. The first kappa shape index (κ1) is 18.8. The van der Waals surface area contributed by atoms with Gasteiger partial charge in [0.05, 0.1) is 12.2 Å². The molecule has 1 atom stereocenters. The smallest absolute Gasteiger partial charge is 0.258 e. The van der Waals surface area contributed by atoms with Crippen LogP contribution in [0, 0.1) is 0 Å². The maximum absolute atomic E-state index is 12.9. The second kappa shape index (κ2) is 9.05. The van der Waals surface area contributed by atoms with Crippen molar-refractivity contribution in [3.05, 3.63) is 29.8 Å². The van der Waals surface area contributed by atoms with Crippen molar-refractivity contribution in [2.24, 2.45) is 0 Å². The van der Waals surface area contributed by atoms with Crippen LogP contribution in [0.25, 0.3) is 0 Å². The third-order valence-electron chi connectivity index (χ3n) is 4.03. The number of amides is 3. The van der Waals surface area contributed by atoms with Gasteiger partial charge in [-0.1, -0.05) is 12.1 Å². The molecule has 136 valence electrons. The minimum atomic E-state index is -0.487. The number of hydrogen-bond donors (Lipinski definition) is 2. The number of benzene rings is 1. The lowest BCUT2D eigenvalue weighted by Crippen LogP contribution is -2.47. The molecular weight excluding hydrogens is 322 g/mol. The molecule has 1 fully saturated rings. The van der Waals surface area contributed by atoms with Crippen molar-refractivity contribution in [2.75, 3.05) is 26.2 Å². The first-order chi connectivity index (χ1) is 12.0. The van der Waals surface area contributed by atoms with Gasteiger partial charge in [0.15, 0.2) is 0 Å². The van der Waals surface area contributed by atoms with Crippen molar-refractivity contribution < 1.29 is 19.1 Å². The van der Waals surface area contributed by atoms with Crippen LogP contribution in [0.2, 0.25) is 0 Å². The predicted octanol–water partition coefficient (Wildman–Crippen LogP) is 0.942. The molecule has 0 radical (unpaired) electrons. The number of carbonyl (C=O) groups is 3. The Morgan fingerprint density at radius 1 is 1.20 bits per heavy atom. The molecule has 0 aromatic heterocycles. The van der Waals surface area contributed by atoms with Crippen molar-refractivity contribution in [2.45, 2.75) is 32.7 Å². The molecule has 1 saturated heterocycles. The van der Waals surface area contributed by atoms with Gasteiger partial charge in [-0.15, -0.1) is 0 Å². The van der Waals surface area contributed by atoms with Crippen LogP contribution in [-0.4, -0.2) is 54.9 Å². The molecule has 1 aromatic rings. The molecule has 0 spiro atoms. The molecule has 7 heteroatoms. The summed E-state index contributed by atoms with van der Waals surface area (Å²) in [5, 5.41) is 5.40. The van der Waals surface area contributed by atoms with E-state index in [0.717, 1.165) is 6.42 Å². The summed E-state index contributed by atoms with van der Waals surface area (Å²) in [6, 6.07) is 6.60. The normalized spacial score (nSPS) is 16.4. The lowest BCUT2D eigenvalue weighted by molar-refractivity contribution is -0.125. The molecular formula is C18H25N3O4. The second-order valence-electron chi connectivity index (χ2n) is 5.86. The summed E-state index contributed by atoms with van der Waals surface area (Å²) < 4.78 is 5.53. The number of likely N-dealkylation sites (tertiary alicyclic amines) is 1. The number of para-hydroxylation sites is 1. The van der Waals surface area contributed by atoms with Gasteiger partial charge in [-0.3, -0.25) is 14.4 Å². The molecule has 0 saturated carbocycles. The zero-order valence-corrected chi connectivity index (χ0v) is 14.7. The minimum Gasteiger partial charge on any atom is -0.493 e. The van der Waals surface area contributed by atoms with Gasteiger partial charge in [-0.05, 0) is 31.9 Å². The summed E-state index contributed by atoms with van der Waals surface area (Å²) in [5.41, 5.74) is 0.474. The molecule has 7 nitrogen and oxygen atoms in total. The molecule has 3 amide bonds. The van der Waals surface area contributed by atoms with E-state index in [0.29, 0.717) is 44.0 Å². The summed E-state index contributed by atoms with van der Waals surface area (Å²) in [4.78, 5) is 37.7. The van der Waals surface area contributed by atoms with Crippen LogP contribution < -0.4 is 15.4 Å². The number of carbonyl (C=O) groups excluding carboxylic acids is 3. The van der Waals surface area contributed by atoms with Crippen LogP contribution in [-0.2, 0) is 9.59 Å². The average molecular weight is 347 g/mol.